The topological polar surface area (TPSA) is 70.2 Å². The van der Waals surface area contributed by atoms with Gasteiger partial charge in [-0.3, -0.25) is 5.10 Å². The normalized spacial score (nSPS) is 19.6. The fourth-order valence-corrected chi connectivity index (χ4v) is 3.73. The van der Waals surface area contributed by atoms with Gasteiger partial charge in [0.05, 0.1) is 6.20 Å². The van der Waals surface area contributed by atoms with Gasteiger partial charge in [0.25, 0.3) is 0 Å². The van der Waals surface area contributed by atoms with Crippen molar-refractivity contribution in [2.24, 2.45) is 0 Å². The van der Waals surface area contributed by atoms with Crippen molar-refractivity contribution in [3.05, 3.63) is 17.5 Å². The van der Waals surface area contributed by atoms with E-state index in [1.54, 1.807) is 0 Å². The van der Waals surface area contributed by atoms with E-state index in [1.165, 1.54) is 18.4 Å². The van der Waals surface area contributed by atoms with Gasteiger partial charge in [0.1, 0.15) is 5.60 Å². The number of nitrogens with zero attached hydrogens (tertiary/aromatic N) is 2. The Morgan fingerprint density at radius 1 is 1.41 bits per heavy atom. The number of hydrogen-bond acceptors (Lipinski definition) is 4. The summed E-state index contributed by atoms with van der Waals surface area (Å²) in [6, 6.07) is 0.643. The van der Waals surface area contributed by atoms with E-state index in [0.29, 0.717) is 6.04 Å². The van der Waals surface area contributed by atoms with Crippen molar-refractivity contribution in [2.75, 3.05) is 13.1 Å². The van der Waals surface area contributed by atoms with Crippen LogP contribution in [0.15, 0.2) is 6.20 Å². The zero-order chi connectivity index (χ0) is 19.9. The highest BCUT2D eigenvalue weighted by molar-refractivity contribution is 5.68. The molecule has 0 aliphatic carbocycles. The molecule has 2 N–H and O–H groups in total. The quantitative estimate of drug-likeness (QED) is 0.698. The number of H-pyrrole nitrogens is 1. The molecule has 6 nitrogen and oxygen atoms in total. The Kier molecular flexibility index (Phi) is 8.14. The second kappa shape index (κ2) is 10.1. The Hall–Kier alpha value is -1.56. The van der Waals surface area contributed by atoms with Gasteiger partial charge in [-0.05, 0) is 78.8 Å². The molecular weight excluding hydrogens is 340 g/mol. The number of ether oxygens (including phenoxy) is 1. The molecule has 6 heteroatoms. The van der Waals surface area contributed by atoms with Crippen molar-refractivity contribution in [1.29, 1.82) is 0 Å². The van der Waals surface area contributed by atoms with Crippen molar-refractivity contribution >= 4 is 6.09 Å². The van der Waals surface area contributed by atoms with Crippen LogP contribution in [0.1, 0.15) is 77.5 Å². The summed E-state index contributed by atoms with van der Waals surface area (Å²) < 4.78 is 5.65. The average molecular weight is 379 g/mol. The molecule has 2 rings (SSSR count). The predicted molar refractivity (Wildman–Crippen MR) is 109 cm³/mol. The fraction of sp³-hybridized carbons (Fsp3) is 0.810. The maximum atomic E-state index is 12.7. The van der Waals surface area contributed by atoms with Gasteiger partial charge < -0.3 is 15.0 Å². The molecule has 2 atom stereocenters. The molecule has 0 unspecified atom stereocenters. The van der Waals surface area contributed by atoms with Crippen LogP contribution < -0.4 is 5.32 Å². The van der Waals surface area contributed by atoms with Gasteiger partial charge in [-0.2, -0.15) is 5.10 Å². The Bertz CT molecular complexity index is 579. The number of likely N-dealkylation sites (tertiary alicyclic amines) is 1. The molecule has 154 valence electrons. The molecule has 1 aliphatic rings. The van der Waals surface area contributed by atoms with E-state index < -0.39 is 5.60 Å². The van der Waals surface area contributed by atoms with Crippen LogP contribution in [0.5, 0.6) is 0 Å². The van der Waals surface area contributed by atoms with Crippen LogP contribution in [0, 0.1) is 6.92 Å². The first-order valence-corrected chi connectivity index (χ1v) is 10.5. The minimum Gasteiger partial charge on any atom is -0.444 e. The van der Waals surface area contributed by atoms with Crippen LogP contribution >= 0.6 is 0 Å². The molecule has 0 radical (unpaired) electrons. The standard InChI is InChI=1S/C21H38N4O2/c1-16(22-12-9-10-18-15-23-24-17(18)2)14-19-11-7-6-8-13-25(19)20(26)27-21(3,4)5/h15-16,19,22H,6-14H2,1-5H3,(H,23,24)/t16-,19-/m0/s1. The first kappa shape index (κ1) is 21.7. The van der Waals surface area contributed by atoms with Crippen molar-refractivity contribution in [2.45, 2.75) is 97.2 Å². The van der Waals surface area contributed by atoms with E-state index in [1.807, 2.05) is 31.9 Å². The Labute approximate surface area is 164 Å². The van der Waals surface area contributed by atoms with E-state index >= 15 is 0 Å². The van der Waals surface area contributed by atoms with Crippen LogP contribution in [0.3, 0.4) is 0 Å². The lowest BCUT2D eigenvalue weighted by atomic mass is 10.0. The highest BCUT2D eigenvalue weighted by Crippen LogP contribution is 2.23. The molecule has 0 bridgehead atoms. The first-order valence-electron chi connectivity index (χ1n) is 10.5. The number of rotatable bonds is 7. The largest absolute Gasteiger partial charge is 0.444 e. The fourth-order valence-electron chi connectivity index (χ4n) is 3.73. The van der Waals surface area contributed by atoms with Gasteiger partial charge >= 0.3 is 6.09 Å². The number of hydrogen-bond donors (Lipinski definition) is 2. The summed E-state index contributed by atoms with van der Waals surface area (Å²) in [5.41, 5.74) is 2.02. The molecule has 1 aromatic rings. The predicted octanol–water partition coefficient (Wildman–Crippen LogP) is 4.20. The highest BCUT2D eigenvalue weighted by Gasteiger charge is 2.30. The molecule has 1 aliphatic heterocycles. The summed E-state index contributed by atoms with van der Waals surface area (Å²) in [4.78, 5) is 14.6. The molecule has 0 saturated carbocycles. The minimum atomic E-state index is -0.441. The lowest BCUT2D eigenvalue weighted by Crippen LogP contribution is -2.45. The van der Waals surface area contributed by atoms with Gasteiger partial charge in [-0.15, -0.1) is 0 Å². The molecule has 27 heavy (non-hydrogen) atoms. The smallest absolute Gasteiger partial charge is 0.410 e. The number of aromatic amines is 1. The lowest BCUT2D eigenvalue weighted by Gasteiger charge is -2.33. The second-order valence-corrected chi connectivity index (χ2v) is 8.89. The average Bonchev–Trinajstić information content (AvgIpc) is 2.83. The third-order valence-electron chi connectivity index (χ3n) is 5.18. The van der Waals surface area contributed by atoms with E-state index in [9.17, 15) is 4.79 Å². The molecule has 1 amide bonds. The Balaban J connectivity index is 1.80. The summed E-state index contributed by atoms with van der Waals surface area (Å²) in [5, 5.41) is 10.7. The lowest BCUT2D eigenvalue weighted by molar-refractivity contribution is 0.0150. The van der Waals surface area contributed by atoms with Crippen LogP contribution in [-0.2, 0) is 11.2 Å². The number of carbonyl (C=O) groups excluding carboxylic acids is 1. The minimum absolute atomic E-state index is 0.156. The zero-order valence-electron chi connectivity index (χ0n) is 17.8. The number of nitrogens with one attached hydrogen (secondary N) is 2. The van der Waals surface area contributed by atoms with Gasteiger partial charge in [-0.25, -0.2) is 4.79 Å². The van der Waals surface area contributed by atoms with Gasteiger partial charge in [0, 0.05) is 24.3 Å². The van der Waals surface area contributed by atoms with Crippen molar-refractivity contribution < 1.29 is 9.53 Å². The second-order valence-electron chi connectivity index (χ2n) is 8.89. The van der Waals surface area contributed by atoms with E-state index in [4.69, 9.17) is 4.74 Å². The summed E-state index contributed by atoms with van der Waals surface area (Å²) in [7, 11) is 0. The van der Waals surface area contributed by atoms with Crippen molar-refractivity contribution in [3.8, 4) is 0 Å². The third kappa shape index (κ3) is 7.53. The van der Waals surface area contributed by atoms with E-state index in [0.717, 1.165) is 50.9 Å². The van der Waals surface area contributed by atoms with Crippen LogP contribution in [0.2, 0.25) is 0 Å². The third-order valence-corrected chi connectivity index (χ3v) is 5.18. The van der Waals surface area contributed by atoms with Crippen LogP contribution in [0.4, 0.5) is 4.79 Å². The Morgan fingerprint density at radius 3 is 2.85 bits per heavy atom. The summed E-state index contributed by atoms with van der Waals surface area (Å²) in [6.45, 7) is 11.9. The van der Waals surface area contributed by atoms with Gasteiger partial charge in [0.2, 0.25) is 0 Å². The molecule has 1 fully saturated rings. The molecule has 1 aromatic heterocycles. The monoisotopic (exact) mass is 378 g/mol. The Morgan fingerprint density at radius 2 is 2.19 bits per heavy atom. The van der Waals surface area contributed by atoms with Crippen LogP contribution in [-0.4, -0.2) is 52.0 Å². The van der Waals surface area contributed by atoms with E-state index in [-0.39, 0.29) is 12.1 Å². The highest BCUT2D eigenvalue weighted by atomic mass is 16.6. The van der Waals surface area contributed by atoms with Crippen molar-refractivity contribution in [1.82, 2.24) is 20.4 Å². The molecule has 0 aromatic carbocycles. The first-order chi connectivity index (χ1) is 12.8. The van der Waals surface area contributed by atoms with E-state index in [2.05, 4.69) is 29.4 Å². The molecular formula is C21H38N4O2. The summed E-state index contributed by atoms with van der Waals surface area (Å²) in [6.07, 6.45) is 9.39. The number of aromatic nitrogens is 2. The van der Waals surface area contributed by atoms with Crippen molar-refractivity contribution in [3.63, 3.8) is 0 Å². The maximum Gasteiger partial charge on any atom is 0.410 e. The number of carbonyl (C=O) groups is 1. The summed E-state index contributed by atoms with van der Waals surface area (Å²) in [5.74, 6) is 0. The van der Waals surface area contributed by atoms with Gasteiger partial charge in [-0.1, -0.05) is 12.8 Å². The molecule has 1 saturated heterocycles. The number of amides is 1. The molecule has 0 spiro atoms. The van der Waals surface area contributed by atoms with Crippen LogP contribution in [0.25, 0.3) is 0 Å². The molecule has 2 heterocycles. The summed E-state index contributed by atoms with van der Waals surface area (Å²) >= 11 is 0. The maximum absolute atomic E-state index is 12.7. The zero-order valence-corrected chi connectivity index (χ0v) is 17.8. The van der Waals surface area contributed by atoms with Gasteiger partial charge in [0.15, 0.2) is 0 Å². The number of aryl methyl sites for hydroxylation is 2. The SMILES string of the molecule is Cc1[nH]ncc1CCCN[C@@H](C)C[C@@H]1CCCCCN1C(=O)OC(C)(C)C.